The van der Waals surface area contributed by atoms with Crippen LogP contribution in [0.3, 0.4) is 0 Å². The van der Waals surface area contributed by atoms with Crippen LogP contribution in [-0.4, -0.2) is 35.9 Å². The van der Waals surface area contributed by atoms with E-state index in [2.05, 4.69) is 12.1 Å². The minimum absolute atomic E-state index is 0.431. The fourth-order valence-electron chi connectivity index (χ4n) is 0.836. The minimum atomic E-state index is -1.60. The number of carbonyl (C=O) groups excluding carboxylic acids is 1. The summed E-state index contributed by atoms with van der Waals surface area (Å²) in [6.07, 6.45) is -0.682. The lowest BCUT2D eigenvalue weighted by Gasteiger charge is -2.17. The lowest BCUT2D eigenvalue weighted by atomic mass is 10.9. The Labute approximate surface area is 127 Å². The summed E-state index contributed by atoms with van der Waals surface area (Å²) in [6, 6.07) is 0. The Morgan fingerprint density at radius 3 is 2.76 bits per heavy atom. The van der Waals surface area contributed by atoms with Gasteiger partial charge in [-0.2, -0.15) is 0 Å². The fraction of sp³-hybridized carbons (Fsp3) is 0.714. The molecule has 0 radical (unpaired) electrons. The van der Waals surface area contributed by atoms with Gasteiger partial charge in [-0.15, -0.1) is 11.8 Å². The van der Waals surface area contributed by atoms with Gasteiger partial charge in [0, 0.05) is 24.7 Å². The van der Waals surface area contributed by atoms with Gasteiger partial charge in [0.15, 0.2) is 0 Å². The van der Waals surface area contributed by atoms with Crippen molar-refractivity contribution in [2.45, 2.75) is 14.6 Å². The second kappa shape index (κ2) is 6.86. The molecular weight excluding hydrogens is 347 g/mol. The van der Waals surface area contributed by atoms with Crippen molar-refractivity contribution in [3.8, 4) is 0 Å². The van der Waals surface area contributed by atoms with Crippen molar-refractivity contribution < 1.29 is 9.63 Å². The van der Waals surface area contributed by atoms with E-state index < -0.39 is 9.22 Å². The molecule has 0 aromatic rings. The van der Waals surface area contributed by atoms with Crippen LogP contribution < -0.4 is 0 Å². The third kappa shape index (κ3) is 6.54. The first kappa shape index (κ1) is 15.9. The second-order valence-corrected chi connectivity index (χ2v) is 10.2. The maximum absolute atomic E-state index is 11.4. The van der Waals surface area contributed by atoms with Crippen molar-refractivity contribution in [1.29, 1.82) is 0 Å². The van der Waals surface area contributed by atoms with Crippen LogP contribution in [0.25, 0.3) is 0 Å². The normalized spacial score (nSPS) is 22.9. The van der Waals surface area contributed by atoms with Crippen molar-refractivity contribution in [2.24, 2.45) is 5.16 Å². The number of carbonyl (C=O) groups is 1. The minimum Gasteiger partial charge on any atom is -0.296 e. The molecule has 10 heteroatoms. The highest BCUT2D eigenvalue weighted by Gasteiger charge is 2.27. The first-order chi connectivity index (χ1) is 7.78. The molecule has 17 heavy (non-hydrogen) atoms. The summed E-state index contributed by atoms with van der Waals surface area (Å²) in [5, 5.41) is 4.53. The molecule has 1 unspecified atom stereocenters. The number of halogens is 3. The van der Waals surface area contributed by atoms with Gasteiger partial charge in [-0.25, -0.2) is 9.10 Å². The Bertz CT molecular complexity index is 324. The van der Waals surface area contributed by atoms with Crippen molar-refractivity contribution in [2.75, 3.05) is 12.8 Å². The van der Waals surface area contributed by atoms with Crippen LogP contribution in [0.5, 0.6) is 0 Å². The van der Waals surface area contributed by atoms with Crippen LogP contribution in [0, 0.1) is 0 Å². The van der Waals surface area contributed by atoms with Crippen LogP contribution in [0.2, 0.25) is 0 Å². The van der Waals surface area contributed by atoms with E-state index in [1.165, 1.54) is 7.05 Å². The van der Waals surface area contributed by atoms with Gasteiger partial charge in [-0.1, -0.05) is 51.7 Å². The maximum atomic E-state index is 11.4. The molecule has 1 aliphatic heterocycles. The van der Waals surface area contributed by atoms with Gasteiger partial charge < -0.3 is 0 Å². The van der Waals surface area contributed by atoms with E-state index >= 15 is 0 Å². The first-order valence-corrected chi connectivity index (χ1v) is 8.17. The molecule has 1 aliphatic rings. The summed E-state index contributed by atoms with van der Waals surface area (Å²) in [6.45, 7) is 2.06. The van der Waals surface area contributed by atoms with Gasteiger partial charge in [0.25, 0.3) is 3.12 Å². The van der Waals surface area contributed by atoms with E-state index in [1.54, 1.807) is 23.5 Å². The Morgan fingerprint density at radius 2 is 2.29 bits per heavy atom. The smallest absolute Gasteiger partial charge is 0.296 e. The summed E-state index contributed by atoms with van der Waals surface area (Å²) in [4.78, 5) is 16.2. The predicted molar refractivity (Wildman–Crippen MR) is 79.1 cm³/mol. The molecule has 1 atom stereocenters. The van der Waals surface area contributed by atoms with Crippen LogP contribution >= 0.6 is 70.3 Å². The topological polar surface area (TPSA) is 41.9 Å². The van der Waals surface area contributed by atoms with Crippen LogP contribution in [-0.2, 0) is 4.84 Å². The fourth-order valence-corrected chi connectivity index (χ4v) is 4.37. The molecule has 0 bridgehead atoms. The lowest BCUT2D eigenvalue weighted by Crippen LogP contribution is -2.22. The number of nitrogens with zero attached hydrogens (tertiary/aromatic N) is 2. The van der Waals surface area contributed by atoms with E-state index in [4.69, 9.17) is 39.6 Å². The molecule has 0 aromatic heterocycles. The average molecular weight is 356 g/mol. The first-order valence-electron chi connectivity index (χ1n) is 4.33. The summed E-state index contributed by atoms with van der Waals surface area (Å²) < 4.78 is -0.0959. The third-order valence-corrected chi connectivity index (χ3v) is 5.33. The zero-order valence-corrected chi connectivity index (χ0v) is 13.6. The van der Waals surface area contributed by atoms with Gasteiger partial charge >= 0.3 is 6.09 Å². The van der Waals surface area contributed by atoms with E-state index in [1.807, 2.05) is 0 Å². The molecule has 1 rings (SSSR count). The Kier molecular flexibility index (Phi) is 6.42. The number of amides is 1. The zero-order valence-electron chi connectivity index (χ0n) is 8.85. The summed E-state index contributed by atoms with van der Waals surface area (Å²) in [5.74, 6) is 0.750. The number of rotatable bonds is 2. The number of thioether (sulfide) groups is 2. The molecule has 0 saturated carbocycles. The van der Waals surface area contributed by atoms with Crippen molar-refractivity contribution in [3.63, 3.8) is 0 Å². The van der Waals surface area contributed by atoms with Crippen molar-refractivity contribution in [1.82, 2.24) is 4.31 Å². The van der Waals surface area contributed by atoms with Crippen LogP contribution in [0.1, 0.15) is 6.92 Å². The quantitative estimate of drug-likeness (QED) is 0.322. The molecule has 1 fully saturated rings. The molecular formula is C7H9Cl3N2O2S3. The maximum Gasteiger partial charge on any atom is 0.445 e. The number of oxime groups is 1. The SMILES string of the molecule is CC1SCC(=NOC(=O)N(C)SC(Cl)(Cl)Cl)S1. The highest BCUT2D eigenvalue weighted by Crippen LogP contribution is 2.40. The molecule has 0 aromatic carbocycles. The summed E-state index contributed by atoms with van der Waals surface area (Å²) in [7, 11) is 1.44. The molecule has 1 heterocycles. The Morgan fingerprint density at radius 1 is 1.65 bits per heavy atom. The van der Waals surface area contributed by atoms with Crippen molar-refractivity contribution >= 4 is 81.4 Å². The number of alkyl halides is 3. The monoisotopic (exact) mass is 354 g/mol. The van der Waals surface area contributed by atoms with Crippen molar-refractivity contribution in [3.05, 3.63) is 0 Å². The molecule has 1 amide bonds. The Hall–Kier alpha value is 0.860. The second-order valence-electron chi connectivity index (χ2n) is 2.87. The van der Waals surface area contributed by atoms with Crippen LogP contribution in [0.4, 0.5) is 4.79 Å². The van der Waals surface area contributed by atoms with Crippen LogP contribution in [0.15, 0.2) is 5.16 Å². The largest absolute Gasteiger partial charge is 0.445 e. The highest BCUT2D eigenvalue weighted by molar-refractivity contribution is 8.29. The average Bonchev–Trinajstić information content (AvgIpc) is 2.58. The molecule has 0 N–H and O–H groups in total. The third-order valence-electron chi connectivity index (χ3n) is 1.47. The van der Waals surface area contributed by atoms with E-state index in [9.17, 15) is 4.79 Å². The number of hydrogen-bond donors (Lipinski definition) is 0. The predicted octanol–water partition coefficient (Wildman–Crippen LogP) is 4.17. The Balaban J connectivity index is 2.39. The summed E-state index contributed by atoms with van der Waals surface area (Å²) >= 11 is 20.6. The lowest BCUT2D eigenvalue weighted by molar-refractivity contribution is 0.137. The van der Waals surface area contributed by atoms with E-state index in [0.29, 0.717) is 4.58 Å². The van der Waals surface area contributed by atoms with E-state index in [0.717, 1.165) is 27.0 Å². The number of hydrogen-bond acceptors (Lipinski definition) is 6. The van der Waals surface area contributed by atoms with E-state index in [-0.39, 0.29) is 0 Å². The molecule has 98 valence electrons. The van der Waals surface area contributed by atoms with Gasteiger partial charge in [0.05, 0.1) is 4.58 Å². The standard InChI is InChI=1S/C7H9Cl3N2O2S3/c1-4-15-3-5(16-4)11-14-6(13)12(2)17-7(8,9)10/h4H,3H2,1-2H3. The van der Waals surface area contributed by atoms with Gasteiger partial charge in [0.1, 0.15) is 5.04 Å². The zero-order chi connectivity index (χ0) is 13.1. The van der Waals surface area contributed by atoms with Gasteiger partial charge in [-0.05, 0) is 6.92 Å². The van der Waals surface area contributed by atoms with Gasteiger partial charge in [0.2, 0.25) is 0 Å². The molecule has 0 spiro atoms. The molecule has 4 nitrogen and oxygen atoms in total. The molecule has 1 saturated heterocycles. The van der Waals surface area contributed by atoms with Gasteiger partial charge in [-0.3, -0.25) is 4.84 Å². The highest BCUT2D eigenvalue weighted by atomic mass is 35.6. The summed E-state index contributed by atoms with van der Waals surface area (Å²) in [5.41, 5.74) is 0. The molecule has 0 aliphatic carbocycles.